The van der Waals surface area contributed by atoms with E-state index in [4.69, 9.17) is 0 Å². The number of phenolic OH excluding ortho intramolecular Hbond substituents is 1. The van der Waals surface area contributed by atoms with Crippen LogP contribution in [-0.2, 0) is 16.0 Å². The Labute approximate surface area is 258 Å². The van der Waals surface area contributed by atoms with E-state index in [1.54, 1.807) is 6.07 Å². The van der Waals surface area contributed by atoms with Gasteiger partial charge in [0.1, 0.15) is 17.3 Å². The van der Waals surface area contributed by atoms with Crippen LogP contribution in [0.5, 0.6) is 5.75 Å². The lowest BCUT2D eigenvalue weighted by Gasteiger charge is -2.29. The Morgan fingerprint density at radius 2 is 1.38 bits per heavy atom. The minimum absolute atomic E-state index is 0.182. The number of Topliss-reactive ketones (excluding diaryl/α,β-unsaturated/α-hetero) is 2. The zero-order valence-electron chi connectivity index (χ0n) is 29.3. The molecule has 0 atom stereocenters. The number of rotatable bonds is 10. The summed E-state index contributed by atoms with van der Waals surface area (Å²) >= 11 is 0. The number of fused-ring (bicyclic) bond motifs is 1. The van der Waals surface area contributed by atoms with Crippen molar-refractivity contribution in [3.05, 3.63) is 54.3 Å². The molecule has 0 saturated carbocycles. The van der Waals surface area contributed by atoms with E-state index in [0.29, 0.717) is 29.2 Å². The average molecular weight is 582 g/mol. The van der Waals surface area contributed by atoms with E-state index in [2.05, 4.69) is 58.0 Å². The Kier molecular flexibility index (Phi) is 16.4. The predicted molar refractivity (Wildman–Crippen MR) is 183 cm³/mol. The van der Waals surface area contributed by atoms with Gasteiger partial charge in [0.2, 0.25) is 0 Å². The number of aromatic hydroxyl groups is 1. The van der Waals surface area contributed by atoms with Gasteiger partial charge in [0.05, 0.1) is 0 Å². The molecule has 0 aliphatic carbocycles. The van der Waals surface area contributed by atoms with Gasteiger partial charge in [-0.25, -0.2) is 0 Å². The first-order valence-electron chi connectivity index (χ1n) is 15.8. The standard InChI is InChI=1S/C15H21NO.C13H24O.C10H18O/c1-15(2,3)8-4-5-11-10-16-14-7-6-12(17)9-13(11)14;1-7-8-9-10-13(5,6)11(14)12(2,3)4;1-5-6-7-8-9(11)10(2,3)4/h6-7,9-10,16-17H,4-5,8H2,1-3H3;8-9H,7,10H2,1-6H3;6-7H,5,8H2,1-4H3/b;9-8-;7-6-. The average Bonchev–Trinajstić information content (AvgIpc) is 3.24. The molecule has 42 heavy (non-hydrogen) atoms. The van der Waals surface area contributed by atoms with Crippen LogP contribution in [0.1, 0.15) is 134 Å². The molecule has 0 saturated heterocycles. The van der Waals surface area contributed by atoms with E-state index in [-0.39, 0.29) is 16.2 Å². The number of allylic oxidation sites excluding steroid dienone is 4. The van der Waals surface area contributed by atoms with Crippen LogP contribution in [0, 0.1) is 21.7 Å². The molecule has 2 rings (SSSR count). The molecule has 4 heteroatoms. The minimum Gasteiger partial charge on any atom is -0.508 e. The topological polar surface area (TPSA) is 70.2 Å². The van der Waals surface area contributed by atoms with Crippen molar-refractivity contribution in [1.82, 2.24) is 4.98 Å². The third kappa shape index (κ3) is 16.1. The summed E-state index contributed by atoms with van der Waals surface area (Å²) in [5, 5.41) is 10.7. The Morgan fingerprint density at radius 3 is 1.88 bits per heavy atom. The van der Waals surface area contributed by atoms with Gasteiger partial charge in [0.25, 0.3) is 0 Å². The van der Waals surface area contributed by atoms with Crippen LogP contribution in [0.3, 0.4) is 0 Å². The molecule has 0 aliphatic rings. The largest absolute Gasteiger partial charge is 0.508 e. The molecule has 2 aromatic rings. The van der Waals surface area contributed by atoms with Crippen LogP contribution in [0.2, 0.25) is 0 Å². The third-order valence-electron chi connectivity index (χ3n) is 6.99. The fraction of sp³-hybridized carbons (Fsp3) is 0.632. The number of H-pyrrole nitrogens is 1. The molecule has 4 nitrogen and oxygen atoms in total. The predicted octanol–water partition coefficient (Wildman–Crippen LogP) is 11.2. The molecule has 0 radical (unpaired) electrons. The van der Waals surface area contributed by atoms with Crippen LogP contribution in [0.25, 0.3) is 10.9 Å². The summed E-state index contributed by atoms with van der Waals surface area (Å²) < 4.78 is 0. The SMILES string of the molecule is CC(C)(C)CCCc1c[nH]c2ccc(O)cc12.CC/C=C\CC(=O)C(C)(C)C.CC/C=C\CC(C)(C)C(=O)C(C)(C)C. The van der Waals surface area contributed by atoms with Crippen molar-refractivity contribution in [3.63, 3.8) is 0 Å². The molecular formula is C38H63NO3. The van der Waals surface area contributed by atoms with E-state index in [0.717, 1.165) is 36.6 Å². The number of aromatic nitrogens is 1. The molecule has 0 spiro atoms. The summed E-state index contributed by atoms with van der Waals surface area (Å²) in [5.41, 5.74) is 2.16. The lowest BCUT2D eigenvalue weighted by Crippen LogP contribution is -2.34. The lowest BCUT2D eigenvalue weighted by molar-refractivity contribution is -0.134. The Hall–Kier alpha value is -2.62. The fourth-order valence-electron chi connectivity index (χ4n) is 4.50. The molecule has 0 fully saturated rings. The number of aryl methyl sites for hydroxylation is 1. The van der Waals surface area contributed by atoms with Gasteiger partial charge in [-0.1, -0.05) is 114 Å². The monoisotopic (exact) mass is 581 g/mol. The Morgan fingerprint density at radius 1 is 0.810 bits per heavy atom. The van der Waals surface area contributed by atoms with E-state index in [9.17, 15) is 14.7 Å². The van der Waals surface area contributed by atoms with Crippen molar-refractivity contribution in [2.24, 2.45) is 21.7 Å². The number of ketones is 2. The second kappa shape index (κ2) is 17.5. The minimum atomic E-state index is -0.233. The summed E-state index contributed by atoms with van der Waals surface area (Å²) in [4.78, 5) is 26.6. The number of aromatic amines is 1. The first-order chi connectivity index (χ1) is 19.2. The van der Waals surface area contributed by atoms with Gasteiger partial charge < -0.3 is 10.1 Å². The van der Waals surface area contributed by atoms with Gasteiger partial charge in [0.15, 0.2) is 0 Å². The van der Waals surface area contributed by atoms with Crippen molar-refractivity contribution in [2.75, 3.05) is 0 Å². The highest BCUT2D eigenvalue weighted by Gasteiger charge is 2.34. The van der Waals surface area contributed by atoms with Crippen LogP contribution in [0.15, 0.2) is 48.7 Å². The van der Waals surface area contributed by atoms with Gasteiger partial charge in [-0.05, 0) is 67.7 Å². The highest BCUT2D eigenvalue weighted by Crippen LogP contribution is 2.32. The number of carbonyl (C=O) groups is 2. The van der Waals surface area contributed by atoms with E-state index in [1.165, 1.54) is 18.4 Å². The zero-order valence-corrected chi connectivity index (χ0v) is 29.3. The summed E-state index contributed by atoms with van der Waals surface area (Å²) in [6, 6.07) is 5.49. The van der Waals surface area contributed by atoms with Crippen LogP contribution >= 0.6 is 0 Å². The summed E-state index contributed by atoms with van der Waals surface area (Å²) in [6.45, 7) is 26.9. The molecule has 1 aromatic heterocycles. The molecule has 238 valence electrons. The van der Waals surface area contributed by atoms with Crippen molar-refractivity contribution in [1.29, 1.82) is 0 Å². The number of hydrogen-bond acceptors (Lipinski definition) is 3. The highest BCUT2D eigenvalue weighted by molar-refractivity contribution is 5.89. The summed E-state index contributed by atoms with van der Waals surface area (Å²) in [5.74, 6) is 0.988. The summed E-state index contributed by atoms with van der Waals surface area (Å²) in [7, 11) is 0. The molecule has 1 heterocycles. The van der Waals surface area contributed by atoms with Crippen molar-refractivity contribution >= 4 is 22.5 Å². The fourth-order valence-corrected chi connectivity index (χ4v) is 4.50. The first-order valence-corrected chi connectivity index (χ1v) is 15.8. The van der Waals surface area contributed by atoms with Gasteiger partial charge in [0, 0.05) is 39.8 Å². The quantitative estimate of drug-likeness (QED) is 0.274. The van der Waals surface area contributed by atoms with Gasteiger partial charge in [-0.3, -0.25) is 9.59 Å². The molecule has 0 bridgehead atoms. The molecular weight excluding hydrogens is 518 g/mol. The second-order valence-corrected chi connectivity index (χ2v) is 15.3. The number of benzene rings is 1. The number of phenols is 1. The third-order valence-corrected chi connectivity index (χ3v) is 6.99. The Balaban J connectivity index is 0.000000618. The van der Waals surface area contributed by atoms with E-state index < -0.39 is 0 Å². The number of nitrogens with one attached hydrogen (secondary N) is 1. The second-order valence-electron chi connectivity index (χ2n) is 15.3. The normalized spacial score (nSPS) is 12.7. The molecule has 2 N–H and O–H groups in total. The maximum atomic E-state index is 12.0. The van der Waals surface area contributed by atoms with Crippen molar-refractivity contribution < 1.29 is 14.7 Å². The lowest BCUT2D eigenvalue weighted by atomic mass is 9.73. The molecule has 0 aliphatic heterocycles. The zero-order chi connectivity index (χ0) is 32.8. The Bertz CT molecular complexity index is 1140. The van der Waals surface area contributed by atoms with Crippen LogP contribution in [0.4, 0.5) is 0 Å². The van der Waals surface area contributed by atoms with Gasteiger partial charge in [-0.2, -0.15) is 0 Å². The molecule has 0 amide bonds. The van der Waals surface area contributed by atoms with Crippen LogP contribution in [-0.4, -0.2) is 21.7 Å². The maximum Gasteiger partial charge on any atom is 0.144 e. The van der Waals surface area contributed by atoms with E-state index >= 15 is 0 Å². The number of carbonyl (C=O) groups excluding carboxylic acids is 2. The summed E-state index contributed by atoms with van der Waals surface area (Å²) in [6.07, 6.45) is 17.2. The highest BCUT2D eigenvalue weighted by atomic mass is 16.3. The smallest absolute Gasteiger partial charge is 0.144 e. The molecule has 0 unspecified atom stereocenters. The van der Waals surface area contributed by atoms with Crippen LogP contribution < -0.4 is 0 Å². The number of hydrogen-bond donors (Lipinski definition) is 2. The van der Waals surface area contributed by atoms with Crippen molar-refractivity contribution in [3.8, 4) is 5.75 Å². The van der Waals surface area contributed by atoms with Gasteiger partial charge in [-0.15, -0.1) is 0 Å². The molecule has 1 aromatic carbocycles. The van der Waals surface area contributed by atoms with Gasteiger partial charge >= 0.3 is 0 Å². The first kappa shape index (κ1) is 39.4. The maximum absolute atomic E-state index is 12.0. The van der Waals surface area contributed by atoms with E-state index in [1.807, 2.05) is 79.7 Å². The van der Waals surface area contributed by atoms with Crippen molar-refractivity contribution in [2.45, 2.75) is 135 Å².